The van der Waals surface area contributed by atoms with Crippen LogP contribution in [-0.2, 0) is 19.7 Å². The van der Waals surface area contributed by atoms with Crippen molar-refractivity contribution in [2.75, 3.05) is 11.9 Å². The highest BCUT2D eigenvalue weighted by Crippen LogP contribution is 2.33. The molecule has 0 spiro atoms. The van der Waals surface area contributed by atoms with Crippen LogP contribution in [0.5, 0.6) is 0 Å². The molecule has 0 bridgehead atoms. The van der Waals surface area contributed by atoms with E-state index in [0.29, 0.717) is 39.4 Å². The van der Waals surface area contributed by atoms with E-state index >= 15 is 0 Å². The van der Waals surface area contributed by atoms with Gasteiger partial charge in [-0.25, -0.2) is 0 Å². The molecule has 232 valence electrons. The van der Waals surface area contributed by atoms with Gasteiger partial charge in [0.05, 0.1) is 23.7 Å². The van der Waals surface area contributed by atoms with Crippen LogP contribution >= 0.6 is 23.2 Å². The summed E-state index contributed by atoms with van der Waals surface area (Å²) < 4.78 is 6.78. The second-order valence-corrected chi connectivity index (χ2v) is 12.9. The third-order valence-electron chi connectivity index (χ3n) is 7.28. The predicted octanol–water partition coefficient (Wildman–Crippen LogP) is 9.29. The third kappa shape index (κ3) is 10.6. The molecular formula is C32H47Cl2N5O3. The lowest BCUT2D eigenvalue weighted by Crippen LogP contribution is -2.15. The molecule has 42 heavy (non-hydrogen) atoms. The van der Waals surface area contributed by atoms with Gasteiger partial charge in [0.2, 0.25) is 5.91 Å². The van der Waals surface area contributed by atoms with Gasteiger partial charge in [-0.3, -0.25) is 9.59 Å². The molecule has 0 aliphatic heterocycles. The molecule has 1 aromatic carbocycles. The van der Waals surface area contributed by atoms with Gasteiger partial charge >= 0.3 is 5.97 Å². The maximum Gasteiger partial charge on any atom is 0.306 e. The summed E-state index contributed by atoms with van der Waals surface area (Å²) in [6.45, 7) is 8.77. The Bertz CT molecular complexity index is 1300. The van der Waals surface area contributed by atoms with E-state index in [-0.39, 0.29) is 30.1 Å². The SMILES string of the molecule is CCCCCCCCCCCCCCOC(=O)CCC(=O)Nc1ccc(-c2nn3nc(C(C)(C)C)c(Cl)c3[nH]2)c(Cl)c1. The summed E-state index contributed by atoms with van der Waals surface area (Å²) in [4.78, 5) is 27.6. The molecule has 2 heterocycles. The first kappa shape index (κ1) is 33.9. The molecule has 8 nitrogen and oxygen atoms in total. The van der Waals surface area contributed by atoms with Crippen LogP contribution < -0.4 is 5.32 Å². The summed E-state index contributed by atoms with van der Waals surface area (Å²) in [7, 11) is 0. The monoisotopic (exact) mass is 619 g/mol. The Morgan fingerprint density at radius 1 is 0.905 bits per heavy atom. The van der Waals surface area contributed by atoms with Gasteiger partial charge < -0.3 is 15.0 Å². The molecule has 0 saturated heterocycles. The van der Waals surface area contributed by atoms with Crippen molar-refractivity contribution >= 4 is 46.4 Å². The molecule has 0 fully saturated rings. The number of aromatic amines is 1. The summed E-state index contributed by atoms with van der Waals surface area (Å²) in [6, 6.07) is 5.14. The van der Waals surface area contributed by atoms with Crippen molar-refractivity contribution in [1.29, 1.82) is 0 Å². The number of rotatable bonds is 18. The molecule has 3 aromatic rings. The third-order valence-corrected chi connectivity index (χ3v) is 7.95. The van der Waals surface area contributed by atoms with E-state index in [9.17, 15) is 9.59 Å². The highest BCUT2D eigenvalue weighted by Gasteiger charge is 2.25. The van der Waals surface area contributed by atoms with E-state index in [2.05, 4.69) is 27.4 Å². The lowest BCUT2D eigenvalue weighted by Gasteiger charge is -2.14. The van der Waals surface area contributed by atoms with E-state index < -0.39 is 0 Å². The topological polar surface area (TPSA) is 101 Å². The van der Waals surface area contributed by atoms with Crippen LogP contribution in [0.4, 0.5) is 5.69 Å². The predicted molar refractivity (Wildman–Crippen MR) is 171 cm³/mol. The highest BCUT2D eigenvalue weighted by molar-refractivity contribution is 6.34. The summed E-state index contributed by atoms with van der Waals surface area (Å²) >= 11 is 13.0. The number of carbonyl (C=O) groups excluding carboxylic acids is 2. The van der Waals surface area contributed by atoms with Crippen LogP contribution in [-0.4, -0.2) is 38.3 Å². The zero-order valence-electron chi connectivity index (χ0n) is 25.7. The first-order valence-electron chi connectivity index (χ1n) is 15.5. The Hall–Kier alpha value is -2.58. The van der Waals surface area contributed by atoms with Crippen LogP contribution in [0.2, 0.25) is 10.0 Å². The largest absolute Gasteiger partial charge is 0.466 e. The van der Waals surface area contributed by atoms with E-state index in [0.717, 1.165) is 18.5 Å². The molecule has 0 unspecified atom stereocenters. The Kier molecular flexibility index (Phi) is 13.6. The number of hydrogen-bond donors (Lipinski definition) is 2. The lowest BCUT2D eigenvalue weighted by atomic mass is 9.92. The van der Waals surface area contributed by atoms with Crippen LogP contribution in [0.15, 0.2) is 18.2 Å². The van der Waals surface area contributed by atoms with Crippen molar-refractivity contribution in [1.82, 2.24) is 19.8 Å². The summed E-state index contributed by atoms with van der Waals surface area (Å²) in [5.74, 6) is -0.115. The number of unbranched alkanes of at least 4 members (excludes halogenated alkanes) is 11. The number of halogens is 2. The molecule has 0 radical (unpaired) electrons. The number of fused-ring (bicyclic) bond motifs is 1. The smallest absolute Gasteiger partial charge is 0.306 e. The number of H-pyrrole nitrogens is 1. The zero-order valence-corrected chi connectivity index (χ0v) is 27.2. The fourth-order valence-electron chi connectivity index (χ4n) is 4.82. The van der Waals surface area contributed by atoms with Gasteiger partial charge in [-0.05, 0) is 24.6 Å². The van der Waals surface area contributed by atoms with Gasteiger partial charge in [-0.1, -0.05) is 122 Å². The zero-order chi connectivity index (χ0) is 30.5. The lowest BCUT2D eigenvalue weighted by molar-refractivity contribution is -0.144. The minimum Gasteiger partial charge on any atom is -0.466 e. The first-order chi connectivity index (χ1) is 20.1. The fraction of sp³-hybridized carbons (Fsp3) is 0.625. The number of hydrogen-bond acceptors (Lipinski definition) is 5. The normalized spacial score (nSPS) is 11.8. The quantitative estimate of drug-likeness (QED) is 0.109. The second kappa shape index (κ2) is 16.9. The molecular weight excluding hydrogens is 573 g/mol. The molecule has 2 N–H and O–H groups in total. The van der Waals surface area contributed by atoms with Gasteiger partial charge in [0, 0.05) is 23.1 Å². The number of ether oxygens (including phenoxy) is 1. The van der Waals surface area contributed by atoms with Gasteiger partial charge in [0.1, 0.15) is 5.02 Å². The van der Waals surface area contributed by atoms with E-state index in [1.54, 1.807) is 18.2 Å². The number of amides is 1. The molecule has 0 saturated carbocycles. The number of nitrogens with one attached hydrogen (secondary N) is 2. The number of anilines is 1. The van der Waals surface area contributed by atoms with Crippen LogP contribution in [0, 0.1) is 0 Å². The minimum absolute atomic E-state index is 0.0411. The van der Waals surface area contributed by atoms with Crippen molar-refractivity contribution in [3.63, 3.8) is 0 Å². The summed E-state index contributed by atoms with van der Waals surface area (Å²) in [6.07, 6.45) is 15.2. The van der Waals surface area contributed by atoms with Crippen LogP contribution in [0.1, 0.15) is 123 Å². The van der Waals surface area contributed by atoms with Crippen molar-refractivity contribution in [3.05, 3.63) is 33.9 Å². The van der Waals surface area contributed by atoms with Gasteiger partial charge in [0.25, 0.3) is 0 Å². The average Bonchev–Trinajstić information content (AvgIpc) is 3.49. The number of esters is 1. The average molecular weight is 621 g/mol. The maximum absolute atomic E-state index is 12.4. The molecule has 0 aliphatic carbocycles. The molecule has 2 aromatic heterocycles. The highest BCUT2D eigenvalue weighted by atomic mass is 35.5. The molecule has 10 heteroatoms. The number of aromatic nitrogens is 4. The molecule has 1 amide bonds. The Balaban J connectivity index is 1.31. The Morgan fingerprint density at radius 2 is 1.52 bits per heavy atom. The summed E-state index contributed by atoms with van der Waals surface area (Å²) in [5.41, 5.74) is 2.31. The van der Waals surface area contributed by atoms with E-state index in [1.807, 2.05) is 20.8 Å². The van der Waals surface area contributed by atoms with Crippen molar-refractivity contribution in [2.45, 2.75) is 123 Å². The van der Waals surface area contributed by atoms with Crippen molar-refractivity contribution < 1.29 is 14.3 Å². The molecule has 3 rings (SSSR count). The number of carbonyl (C=O) groups is 2. The minimum atomic E-state index is -0.349. The van der Waals surface area contributed by atoms with Crippen LogP contribution in [0.25, 0.3) is 17.0 Å². The second-order valence-electron chi connectivity index (χ2n) is 12.1. The molecule has 0 aliphatic rings. The fourth-order valence-corrected chi connectivity index (χ4v) is 5.54. The standard InChI is InChI=1S/C32H47Cl2N5O3/c1-5-6-7-8-9-10-11-12-13-14-15-16-21-42-27(41)20-19-26(40)35-23-17-18-24(25(33)22-23)30-36-31-28(34)29(32(2,3)4)37-39(31)38-30/h17-18,22H,5-16,19-21H2,1-4H3,(H,35,40)(H,36,38). The maximum atomic E-state index is 12.4. The van der Waals surface area contributed by atoms with Crippen molar-refractivity contribution in [3.8, 4) is 11.4 Å². The summed E-state index contributed by atoms with van der Waals surface area (Å²) in [5, 5.41) is 12.7. The van der Waals surface area contributed by atoms with Gasteiger partial charge in [-0.15, -0.1) is 9.73 Å². The number of nitrogens with zero attached hydrogens (tertiary/aromatic N) is 3. The Labute approximate surface area is 260 Å². The first-order valence-corrected chi connectivity index (χ1v) is 16.3. The van der Waals surface area contributed by atoms with Gasteiger partial charge in [0.15, 0.2) is 11.5 Å². The van der Waals surface area contributed by atoms with E-state index in [4.69, 9.17) is 27.9 Å². The van der Waals surface area contributed by atoms with E-state index in [1.165, 1.54) is 68.8 Å². The number of benzene rings is 1. The van der Waals surface area contributed by atoms with Crippen LogP contribution in [0.3, 0.4) is 0 Å². The van der Waals surface area contributed by atoms with Gasteiger partial charge in [-0.2, -0.15) is 5.10 Å². The Morgan fingerprint density at radius 3 is 2.10 bits per heavy atom. The van der Waals surface area contributed by atoms with Crippen molar-refractivity contribution in [2.24, 2.45) is 0 Å². The molecule has 0 atom stereocenters.